The highest BCUT2D eigenvalue weighted by atomic mass is 15.0. The van der Waals surface area contributed by atoms with Gasteiger partial charge in [-0.05, 0) is 57.5 Å². The first-order valence-electron chi connectivity index (χ1n) is 15.0. The predicted octanol–water partition coefficient (Wildman–Crippen LogP) is 9.52. The second kappa shape index (κ2) is 9.42. The molecule has 3 heteroatoms. The quantitative estimate of drug-likeness (QED) is 0.216. The van der Waals surface area contributed by atoms with Crippen molar-refractivity contribution in [3.05, 3.63) is 173 Å². The van der Waals surface area contributed by atoms with Gasteiger partial charge in [-0.25, -0.2) is 15.0 Å². The number of hydrogen-bond donors (Lipinski definition) is 0. The molecule has 9 rings (SSSR count). The van der Waals surface area contributed by atoms with E-state index in [0.717, 1.165) is 16.7 Å². The van der Waals surface area contributed by atoms with Crippen LogP contribution in [0.25, 0.3) is 56.4 Å². The van der Waals surface area contributed by atoms with Crippen molar-refractivity contribution >= 4 is 0 Å². The molecule has 0 saturated carbocycles. The highest BCUT2D eigenvalue weighted by Gasteiger charge is 2.52. The Balaban J connectivity index is 1.40. The van der Waals surface area contributed by atoms with Crippen molar-refractivity contribution in [2.24, 2.45) is 0 Å². The van der Waals surface area contributed by atoms with E-state index in [-0.39, 0.29) is 0 Å². The summed E-state index contributed by atoms with van der Waals surface area (Å²) >= 11 is 0. The van der Waals surface area contributed by atoms with Gasteiger partial charge in [-0.1, -0.05) is 145 Å². The summed E-state index contributed by atoms with van der Waals surface area (Å²) in [6.07, 6.45) is 0. The first-order chi connectivity index (χ1) is 21.7. The summed E-state index contributed by atoms with van der Waals surface area (Å²) in [5.74, 6) is 2.02. The summed E-state index contributed by atoms with van der Waals surface area (Å²) < 4.78 is 0. The minimum atomic E-state index is -0.487. The van der Waals surface area contributed by atoms with Crippen molar-refractivity contribution in [3.8, 4) is 56.4 Å². The van der Waals surface area contributed by atoms with Crippen LogP contribution >= 0.6 is 0 Å². The van der Waals surface area contributed by atoms with Crippen LogP contribution in [0.15, 0.2) is 146 Å². The number of nitrogens with zero attached hydrogens (tertiary/aromatic N) is 3. The molecule has 44 heavy (non-hydrogen) atoms. The van der Waals surface area contributed by atoms with Crippen molar-refractivity contribution in [2.45, 2.75) is 12.3 Å². The Morgan fingerprint density at radius 1 is 0.386 bits per heavy atom. The fraction of sp³-hybridized carbons (Fsp3) is 0.0488. The van der Waals surface area contributed by atoms with E-state index in [1.54, 1.807) is 0 Å². The zero-order chi connectivity index (χ0) is 29.3. The first kappa shape index (κ1) is 24.9. The van der Waals surface area contributed by atoms with Crippen LogP contribution in [-0.4, -0.2) is 15.0 Å². The minimum absolute atomic E-state index is 0.487. The van der Waals surface area contributed by atoms with Gasteiger partial charge in [0.1, 0.15) is 0 Å². The van der Waals surface area contributed by atoms with E-state index in [1.807, 2.05) is 18.2 Å². The number of benzene rings is 6. The summed E-state index contributed by atoms with van der Waals surface area (Å²) in [6.45, 7) is 2.10. The third kappa shape index (κ3) is 3.41. The fourth-order valence-corrected chi connectivity index (χ4v) is 7.47. The van der Waals surface area contributed by atoms with Crippen LogP contribution in [0.1, 0.15) is 27.8 Å². The van der Waals surface area contributed by atoms with Gasteiger partial charge in [-0.3, -0.25) is 0 Å². The molecule has 6 aromatic carbocycles. The predicted molar refractivity (Wildman–Crippen MR) is 177 cm³/mol. The van der Waals surface area contributed by atoms with Gasteiger partial charge in [0, 0.05) is 16.7 Å². The maximum Gasteiger partial charge on any atom is 0.164 e. The zero-order valence-corrected chi connectivity index (χ0v) is 24.2. The number of aryl methyl sites for hydroxylation is 1. The van der Waals surface area contributed by atoms with Crippen molar-refractivity contribution in [1.82, 2.24) is 15.0 Å². The Morgan fingerprint density at radius 2 is 0.841 bits per heavy atom. The van der Waals surface area contributed by atoms with Gasteiger partial charge >= 0.3 is 0 Å². The molecule has 2 aliphatic carbocycles. The molecule has 0 unspecified atom stereocenters. The van der Waals surface area contributed by atoms with E-state index in [0.29, 0.717) is 17.5 Å². The normalized spacial score (nSPS) is 13.3. The van der Waals surface area contributed by atoms with Crippen LogP contribution in [-0.2, 0) is 5.41 Å². The molecule has 0 aliphatic heterocycles. The Hall–Kier alpha value is -5.67. The monoisotopic (exact) mass is 561 g/mol. The largest absolute Gasteiger partial charge is 0.208 e. The Morgan fingerprint density at radius 3 is 1.48 bits per heavy atom. The smallest absolute Gasteiger partial charge is 0.164 e. The maximum absolute atomic E-state index is 5.23. The van der Waals surface area contributed by atoms with E-state index >= 15 is 0 Å². The van der Waals surface area contributed by atoms with E-state index < -0.39 is 5.41 Å². The van der Waals surface area contributed by atoms with Crippen molar-refractivity contribution < 1.29 is 0 Å². The van der Waals surface area contributed by atoms with E-state index in [2.05, 4.69) is 134 Å². The summed E-state index contributed by atoms with van der Waals surface area (Å²) in [5, 5.41) is 0. The van der Waals surface area contributed by atoms with Crippen molar-refractivity contribution in [3.63, 3.8) is 0 Å². The summed E-state index contributed by atoms with van der Waals surface area (Å²) in [5.41, 5.74) is 13.8. The lowest BCUT2D eigenvalue weighted by atomic mass is 9.69. The van der Waals surface area contributed by atoms with Crippen LogP contribution in [0, 0.1) is 6.92 Å². The van der Waals surface area contributed by atoms with E-state index in [9.17, 15) is 0 Å². The molecule has 1 spiro atoms. The minimum Gasteiger partial charge on any atom is -0.208 e. The van der Waals surface area contributed by atoms with Crippen LogP contribution in [0.5, 0.6) is 0 Å². The molecule has 0 saturated heterocycles. The maximum atomic E-state index is 5.23. The average Bonchev–Trinajstić information content (AvgIpc) is 3.56. The van der Waals surface area contributed by atoms with Crippen LogP contribution in [0.4, 0.5) is 0 Å². The van der Waals surface area contributed by atoms with E-state index in [4.69, 9.17) is 15.0 Å². The number of aromatic nitrogens is 3. The number of fused-ring (bicyclic) bond motifs is 10. The molecule has 1 aromatic heterocycles. The van der Waals surface area contributed by atoms with Gasteiger partial charge in [0.25, 0.3) is 0 Å². The van der Waals surface area contributed by atoms with E-state index in [1.165, 1.54) is 50.1 Å². The number of rotatable bonds is 3. The molecule has 0 bridgehead atoms. The van der Waals surface area contributed by atoms with Gasteiger partial charge in [0.05, 0.1) is 5.41 Å². The van der Waals surface area contributed by atoms with Gasteiger partial charge < -0.3 is 0 Å². The molecule has 0 N–H and O–H groups in total. The third-order valence-corrected chi connectivity index (χ3v) is 9.20. The van der Waals surface area contributed by atoms with Crippen LogP contribution in [0.2, 0.25) is 0 Å². The van der Waals surface area contributed by atoms with Crippen molar-refractivity contribution in [2.75, 3.05) is 0 Å². The lowest BCUT2D eigenvalue weighted by Gasteiger charge is -2.31. The first-order valence-corrected chi connectivity index (χ1v) is 15.0. The highest BCUT2D eigenvalue weighted by Crippen LogP contribution is 2.64. The van der Waals surface area contributed by atoms with Gasteiger partial charge in [0.2, 0.25) is 0 Å². The fourth-order valence-electron chi connectivity index (χ4n) is 7.47. The number of hydrogen-bond acceptors (Lipinski definition) is 3. The van der Waals surface area contributed by atoms with Gasteiger partial charge in [-0.15, -0.1) is 0 Å². The molecule has 0 radical (unpaired) electrons. The van der Waals surface area contributed by atoms with Gasteiger partial charge in [0.15, 0.2) is 17.5 Å². The molecule has 0 atom stereocenters. The topological polar surface area (TPSA) is 38.7 Å². The van der Waals surface area contributed by atoms with Crippen LogP contribution in [0.3, 0.4) is 0 Å². The lowest BCUT2D eigenvalue weighted by Crippen LogP contribution is -2.26. The molecular weight excluding hydrogens is 534 g/mol. The molecule has 0 fully saturated rings. The molecule has 1 heterocycles. The van der Waals surface area contributed by atoms with Crippen molar-refractivity contribution in [1.29, 1.82) is 0 Å². The second-order valence-corrected chi connectivity index (χ2v) is 11.7. The second-order valence-electron chi connectivity index (χ2n) is 11.7. The molecule has 206 valence electrons. The summed E-state index contributed by atoms with van der Waals surface area (Å²) in [6, 6.07) is 51.9. The molecule has 3 nitrogen and oxygen atoms in total. The van der Waals surface area contributed by atoms with Crippen LogP contribution < -0.4 is 0 Å². The van der Waals surface area contributed by atoms with Gasteiger partial charge in [-0.2, -0.15) is 0 Å². The molecule has 2 aliphatic rings. The Labute approximate surface area is 256 Å². The molecule has 7 aromatic rings. The highest BCUT2D eigenvalue weighted by molar-refractivity contribution is 5.98. The zero-order valence-electron chi connectivity index (χ0n) is 24.2. The third-order valence-electron chi connectivity index (χ3n) is 9.20. The Kier molecular flexibility index (Phi) is 5.33. The average molecular weight is 562 g/mol. The molecule has 0 amide bonds. The lowest BCUT2D eigenvalue weighted by molar-refractivity contribution is 0.794. The summed E-state index contributed by atoms with van der Waals surface area (Å²) in [4.78, 5) is 15.4. The molecular formula is C41H27N3. The Bertz CT molecular complexity index is 2190. The summed E-state index contributed by atoms with van der Waals surface area (Å²) in [7, 11) is 0. The SMILES string of the molecule is Cc1cccc(-c2nc(-c3ccccc3)nc(-c3cccc4c3C3(c5ccccc5-c5ccccc53)c3ccccc3-4)n2)c1. The standard InChI is InChI=1S/C41H27N3/c1-26-13-11-16-28(25-26)39-42-38(27-14-3-2-4-15-27)43-40(44-39)33-21-12-20-32-31-19-7-10-24-36(31)41(37(32)33)34-22-8-5-17-29(34)30-18-6-9-23-35(30)41/h2-25H,1H3.